The van der Waals surface area contributed by atoms with Crippen LogP contribution in [0.15, 0.2) is 48.5 Å². The first-order valence-electron chi connectivity index (χ1n) is 11.4. The second-order valence-electron chi connectivity index (χ2n) is 7.90. The average Bonchev–Trinajstić information content (AvgIpc) is 2.82. The van der Waals surface area contributed by atoms with Crippen molar-refractivity contribution in [3.63, 3.8) is 0 Å². The van der Waals surface area contributed by atoms with Crippen LogP contribution >= 0.6 is 0 Å². The molecule has 2 atom stereocenters. The Bertz CT molecular complexity index is 849. The van der Waals surface area contributed by atoms with Crippen LogP contribution in [0.25, 0.3) is 0 Å². The van der Waals surface area contributed by atoms with Crippen LogP contribution in [-0.2, 0) is 22.6 Å². The molecule has 0 spiro atoms. The number of benzene rings is 2. The quantitative estimate of drug-likeness (QED) is 0.533. The van der Waals surface area contributed by atoms with Crippen LogP contribution in [0.2, 0.25) is 0 Å². The van der Waals surface area contributed by atoms with Crippen molar-refractivity contribution in [1.82, 2.24) is 10.2 Å². The van der Waals surface area contributed by atoms with Gasteiger partial charge in [0.2, 0.25) is 5.91 Å². The van der Waals surface area contributed by atoms with Gasteiger partial charge in [-0.15, -0.1) is 0 Å². The monoisotopic (exact) mass is 440 g/mol. The molecule has 0 radical (unpaired) electrons. The van der Waals surface area contributed by atoms with Gasteiger partial charge >= 0.3 is 0 Å². The number of hydrogen-bond donors (Lipinski definition) is 1. The van der Waals surface area contributed by atoms with Gasteiger partial charge in [-0.2, -0.15) is 0 Å². The number of carbonyl (C=O) groups is 2. The maximum atomic E-state index is 13.2. The van der Waals surface area contributed by atoms with Crippen molar-refractivity contribution in [2.45, 2.75) is 65.6 Å². The molecular formula is C26H36N2O4. The molecule has 2 unspecified atom stereocenters. The highest BCUT2D eigenvalue weighted by Crippen LogP contribution is 2.18. The number of methoxy groups -OCH3 is 1. The number of hydrogen-bond acceptors (Lipinski definition) is 4. The fourth-order valence-electron chi connectivity index (χ4n) is 3.34. The van der Waals surface area contributed by atoms with Gasteiger partial charge in [-0.25, -0.2) is 0 Å². The molecule has 2 aromatic rings. The molecule has 32 heavy (non-hydrogen) atoms. The van der Waals surface area contributed by atoms with Crippen LogP contribution in [-0.4, -0.2) is 42.5 Å². The molecule has 2 aromatic carbocycles. The lowest BCUT2D eigenvalue weighted by atomic mass is 10.1. The lowest BCUT2D eigenvalue weighted by molar-refractivity contribution is -0.143. The number of amides is 2. The summed E-state index contributed by atoms with van der Waals surface area (Å²) in [5, 5.41) is 3.01. The molecule has 0 heterocycles. The minimum Gasteiger partial charge on any atom is -0.497 e. The molecule has 0 saturated heterocycles. The summed E-state index contributed by atoms with van der Waals surface area (Å²) in [6.45, 7) is 8.17. The largest absolute Gasteiger partial charge is 0.497 e. The lowest BCUT2D eigenvalue weighted by Crippen LogP contribution is -2.51. The van der Waals surface area contributed by atoms with E-state index in [4.69, 9.17) is 9.47 Å². The Morgan fingerprint density at radius 2 is 1.50 bits per heavy atom. The van der Waals surface area contributed by atoms with Crippen LogP contribution in [0.4, 0.5) is 0 Å². The highest BCUT2D eigenvalue weighted by Gasteiger charge is 2.29. The smallest absolute Gasteiger partial charge is 0.261 e. The van der Waals surface area contributed by atoms with E-state index in [-0.39, 0.29) is 24.5 Å². The van der Waals surface area contributed by atoms with Gasteiger partial charge in [0.15, 0.2) is 6.61 Å². The second kappa shape index (κ2) is 12.7. The highest BCUT2D eigenvalue weighted by molar-refractivity contribution is 5.88. The minimum absolute atomic E-state index is 0.0443. The van der Waals surface area contributed by atoms with Crippen molar-refractivity contribution in [1.29, 1.82) is 0 Å². The zero-order chi connectivity index (χ0) is 23.5. The van der Waals surface area contributed by atoms with Gasteiger partial charge < -0.3 is 19.7 Å². The van der Waals surface area contributed by atoms with E-state index in [1.807, 2.05) is 69.3 Å². The molecule has 0 aliphatic rings. The van der Waals surface area contributed by atoms with E-state index >= 15 is 0 Å². The molecule has 174 valence electrons. The summed E-state index contributed by atoms with van der Waals surface area (Å²) in [7, 11) is 1.61. The molecule has 0 aliphatic heterocycles. The molecule has 0 saturated carbocycles. The van der Waals surface area contributed by atoms with E-state index < -0.39 is 6.04 Å². The number of ether oxygens (including phenoxy) is 2. The van der Waals surface area contributed by atoms with Gasteiger partial charge in [-0.3, -0.25) is 9.59 Å². The minimum atomic E-state index is -0.579. The van der Waals surface area contributed by atoms with Gasteiger partial charge in [0.25, 0.3) is 5.91 Å². The van der Waals surface area contributed by atoms with Crippen LogP contribution in [0.3, 0.4) is 0 Å². The maximum Gasteiger partial charge on any atom is 0.261 e. The summed E-state index contributed by atoms with van der Waals surface area (Å²) < 4.78 is 11.0. The molecule has 6 heteroatoms. The van der Waals surface area contributed by atoms with Crippen molar-refractivity contribution in [3.05, 3.63) is 59.7 Å². The third kappa shape index (κ3) is 7.29. The number of nitrogens with one attached hydrogen (secondary N) is 1. The molecule has 2 rings (SSSR count). The van der Waals surface area contributed by atoms with Crippen LogP contribution in [0, 0.1) is 0 Å². The van der Waals surface area contributed by atoms with Gasteiger partial charge in [0.1, 0.15) is 17.5 Å². The van der Waals surface area contributed by atoms with Gasteiger partial charge in [0, 0.05) is 12.6 Å². The zero-order valence-corrected chi connectivity index (χ0v) is 19.9. The lowest BCUT2D eigenvalue weighted by Gasteiger charge is -2.31. The molecule has 0 bridgehead atoms. The van der Waals surface area contributed by atoms with E-state index in [1.165, 1.54) is 5.56 Å². The normalized spacial score (nSPS) is 12.5. The number of rotatable bonds is 12. The van der Waals surface area contributed by atoms with Gasteiger partial charge in [-0.05, 0) is 61.6 Å². The molecule has 2 amide bonds. The number of nitrogens with zero attached hydrogens (tertiary/aromatic N) is 1. The SMILES string of the molecule is CCc1ccc(OCC(=O)N(Cc2ccc(OC)cc2)C(CC)C(=O)NC(C)CC)cc1. The summed E-state index contributed by atoms with van der Waals surface area (Å²) in [6.07, 6.45) is 2.28. The predicted molar refractivity (Wildman–Crippen MR) is 127 cm³/mol. The Balaban J connectivity index is 2.19. The van der Waals surface area contributed by atoms with Crippen molar-refractivity contribution in [3.8, 4) is 11.5 Å². The zero-order valence-electron chi connectivity index (χ0n) is 19.9. The Hall–Kier alpha value is -3.02. The first-order chi connectivity index (χ1) is 15.4. The Kier molecular flexibility index (Phi) is 10.1. The van der Waals surface area contributed by atoms with E-state index in [1.54, 1.807) is 12.0 Å². The van der Waals surface area contributed by atoms with Crippen molar-refractivity contribution < 1.29 is 19.1 Å². The van der Waals surface area contributed by atoms with Crippen molar-refractivity contribution >= 4 is 11.8 Å². The molecular weight excluding hydrogens is 404 g/mol. The average molecular weight is 441 g/mol. The Morgan fingerprint density at radius 1 is 0.906 bits per heavy atom. The first-order valence-corrected chi connectivity index (χ1v) is 11.4. The van der Waals surface area contributed by atoms with E-state index in [0.29, 0.717) is 18.7 Å². The van der Waals surface area contributed by atoms with Gasteiger partial charge in [-0.1, -0.05) is 45.0 Å². The summed E-state index contributed by atoms with van der Waals surface area (Å²) in [5.41, 5.74) is 2.12. The number of carbonyl (C=O) groups excluding carboxylic acids is 2. The topological polar surface area (TPSA) is 67.9 Å². The van der Waals surface area contributed by atoms with Crippen LogP contribution < -0.4 is 14.8 Å². The predicted octanol–water partition coefficient (Wildman–Crippen LogP) is 4.36. The molecule has 0 aromatic heterocycles. The van der Waals surface area contributed by atoms with Gasteiger partial charge in [0.05, 0.1) is 7.11 Å². The third-order valence-electron chi connectivity index (χ3n) is 5.59. The fraction of sp³-hybridized carbons (Fsp3) is 0.462. The summed E-state index contributed by atoms with van der Waals surface area (Å²) in [6, 6.07) is 14.7. The van der Waals surface area contributed by atoms with Crippen molar-refractivity contribution in [2.24, 2.45) is 0 Å². The molecule has 1 N–H and O–H groups in total. The molecule has 6 nitrogen and oxygen atoms in total. The Morgan fingerprint density at radius 3 is 2.03 bits per heavy atom. The van der Waals surface area contributed by atoms with E-state index in [2.05, 4.69) is 12.2 Å². The second-order valence-corrected chi connectivity index (χ2v) is 7.90. The fourth-order valence-corrected chi connectivity index (χ4v) is 3.34. The first kappa shape index (κ1) is 25.2. The standard InChI is InChI=1S/C26H36N2O4/c1-6-19(4)27-26(30)24(8-3)28(17-21-11-13-22(31-5)14-12-21)25(29)18-32-23-15-9-20(7-2)10-16-23/h9-16,19,24H,6-8,17-18H2,1-5H3,(H,27,30). The molecule has 0 aliphatic carbocycles. The van der Waals surface area contributed by atoms with Crippen LogP contribution in [0.1, 0.15) is 51.7 Å². The third-order valence-corrected chi connectivity index (χ3v) is 5.59. The summed E-state index contributed by atoms with van der Waals surface area (Å²) >= 11 is 0. The van der Waals surface area contributed by atoms with Crippen molar-refractivity contribution in [2.75, 3.05) is 13.7 Å². The summed E-state index contributed by atoms with van der Waals surface area (Å²) in [4.78, 5) is 27.8. The van der Waals surface area contributed by atoms with Crippen LogP contribution in [0.5, 0.6) is 11.5 Å². The number of aryl methyl sites for hydroxylation is 1. The Labute approximate surface area is 191 Å². The van der Waals surface area contributed by atoms with E-state index in [9.17, 15) is 9.59 Å². The highest BCUT2D eigenvalue weighted by atomic mass is 16.5. The van der Waals surface area contributed by atoms with E-state index in [0.717, 1.165) is 24.2 Å². The molecule has 0 fully saturated rings. The summed E-state index contributed by atoms with van der Waals surface area (Å²) in [5.74, 6) is 1.01. The maximum absolute atomic E-state index is 13.2.